The lowest BCUT2D eigenvalue weighted by Crippen LogP contribution is -2.51. The summed E-state index contributed by atoms with van der Waals surface area (Å²) in [5.74, 6) is 4.78. The van der Waals surface area contributed by atoms with Crippen LogP contribution >= 0.6 is 0 Å². The van der Waals surface area contributed by atoms with Crippen LogP contribution in [0.5, 0.6) is 0 Å². The van der Waals surface area contributed by atoms with Gasteiger partial charge in [0.05, 0.1) is 0 Å². The van der Waals surface area contributed by atoms with Crippen LogP contribution in [-0.4, -0.2) is 6.04 Å². The Kier molecular flexibility index (Phi) is 3.76. The molecule has 2 N–H and O–H groups in total. The number of hydrogen-bond acceptors (Lipinski definition) is 1. The van der Waals surface area contributed by atoms with E-state index in [1.165, 1.54) is 51.4 Å². The van der Waals surface area contributed by atoms with Crippen LogP contribution in [-0.2, 0) is 0 Å². The van der Waals surface area contributed by atoms with E-state index < -0.39 is 0 Å². The predicted molar refractivity (Wildman–Crippen MR) is 98.0 cm³/mol. The third kappa shape index (κ3) is 2.21. The molecule has 0 amide bonds. The van der Waals surface area contributed by atoms with E-state index in [0.717, 1.165) is 29.6 Å². The second-order valence-corrected chi connectivity index (χ2v) is 10.2. The molecule has 0 aromatic heterocycles. The second kappa shape index (κ2) is 5.35. The molecule has 0 aromatic rings. The van der Waals surface area contributed by atoms with E-state index in [2.05, 4.69) is 33.8 Å². The minimum Gasteiger partial charge on any atom is -0.324 e. The van der Waals surface area contributed by atoms with E-state index in [1.807, 2.05) is 0 Å². The van der Waals surface area contributed by atoms with Crippen LogP contribution in [0.1, 0.15) is 79.1 Å². The van der Waals surface area contributed by atoms with Crippen molar-refractivity contribution in [1.82, 2.24) is 0 Å². The van der Waals surface area contributed by atoms with Crippen molar-refractivity contribution >= 4 is 0 Å². The Morgan fingerprint density at radius 3 is 2.52 bits per heavy atom. The fourth-order valence-electron chi connectivity index (χ4n) is 7.89. The van der Waals surface area contributed by atoms with Crippen LogP contribution in [0.3, 0.4) is 0 Å². The molecule has 0 saturated heterocycles. The van der Waals surface area contributed by atoms with Crippen LogP contribution in [0.4, 0.5) is 0 Å². The Hall–Kier alpha value is -0.300. The topological polar surface area (TPSA) is 26.0 Å². The van der Waals surface area contributed by atoms with Gasteiger partial charge in [0.1, 0.15) is 0 Å². The summed E-state index contributed by atoms with van der Waals surface area (Å²) < 4.78 is 0. The van der Waals surface area contributed by atoms with Gasteiger partial charge in [-0.3, -0.25) is 0 Å². The molecule has 1 heteroatoms. The first-order chi connectivity index (χ1) is 10.9. The molecule has 7 atom stereocenters. The predicted octanol–water partition coefficient (Wildman–Crippen LogP) is 5.55. The van der Waals surface area contributed by atoms with Crippen LogP contribution < -0.4 is 5.73 Å². The molecule has 7 unspecified atom stereocenters. The Morgan fingerprint density at radius 1 is 1.00 bits per heavy atom. The number of allylic oxidation sites excluding steroid dienone is 1. The van der Waals surface area contributed by atoms with Crippen LogP contribution in [0.2, 0.25) is 0 Å². The molecule has 0 radical (unpaired) electrons. The Balaban J connectivity index is 1.64. The summed E-state index contributed by atoms with van der Waals surface area (Å²) in [4.78, 5) is 0. The highest BCUT2D eigenvalue weighted by Gasteiger charge is 2.58. The smallest absolute Gasteiger partial charge is 0.0226 e. The quantitative estimate of drug-likeness (QED) is 0.631. The molecular formula is C22H37N. The zero-order valence-corrected chi connectivity index (χ0v) is 15.8. The van der Waals surface area contributed by atoms with Crippen molar-refractivity contribution in [2.75, 3.05) is 0 Å². The summed E-state index contributed by atoms with van der Waals surface area (Å²) in [5.41, 5.74) is 9.11. The third-order valence-corrected chi connectivity index (χ3v) is 9.03. The molecule has 4 rings (SSSR count). The molecular weight excluding hydrogens is 278 g/mol. The van der Waals surface area contributed by atoms with Gasteiger partial charge in [-0.15, -0.1) is 0 Å². The molecule has 0 spiro atoms. The van der Waals surface area contributed by atoms with Gasteiger partial charge >= 0.3 is 0 Å². The summed E-state index contributed by atoms with van der Waals surface area (Å²) >= 11 is 0. The standard InChI is InChI=1S/C22H37N/c1-14(2)18-7-8-19-17-6-5-15-13-16(23)9-11-21(15,3)20(17)10-12-22(18,19)4/h13-14,16-20H,5-12,23H2,1-4H3. The first-order valence-corrected chi connectivity index (χ1v) is 10.3. The lowest BCUT2D eigenvalue weighted by Gasteiger charge is -2.59. The first-order valence-electron chi connectivity index (χ1n) is 10.3. The van der Waals surface area contributed by atoms with Gasteiger partial charge in [-0.2, -0.15) is 0 Å². The Labute approximate surface area is 143 Å². The minimum absolute atomic E-state index is 0.334. The van der Waals surface area contributed by atoms with Gasteiger partial charge in [-0.05, 0) is 91.8 Å². The van der Waals surface area contributed by atoms with E-state index in [1.54, 1.807) is 5.57 Å². The Bertz CT molecular complexity index is 506. The molecule has 0 bridgehead atoms. The Morgan fingerprint density at radius 2 is 1.78 bits per heavy atom. The van der Waals surface area contributed by atoms with Gasteiger partial charge in [-0.1, -0.05) is 39.3 Å². The SMILES string of the molecule is CC(C)C1CCC2C3CCC4=CC(N)CCC4(C)C3CCC12C. The molecule has 3 fully saturated rings. The third-order valence-electron chi connectivity index (χ3n) is 9.03. The second-order valence-electron chi connectivity index (χ2n) is 10.2. The van der Waals surface area contributed by atoms with Gasteiger partial charge in [0.15, 0.2) is 0 Å². The van der Waals surface area contributed by atoms with Crippen molar-refractivity contribution in [3.63, 3.8) is 0 Å². The van der Waals surface area contributed by atoms with E-state index in [9.17, 15) is 0 Å². The number of hydrogen-bond donors (Lipinski definition) is 1. The summed E-state index contributed by atoms with van der Waals surface area (Å²) in [6.45, 7) is 10.2. The highest BCUT2D eigenvalue weighted by molar-refractivity contribution is 5.26. The largest absolute Gasteiger partial charge is 0.324 e. The molecule has 0 aliphatic heterocycles. The fourth-order valence-corrected chi connectivity index (χ4v) is 7.89. The fraction of sp³-hybridized carbons (Fsp3) is 0.909. The number of fused-ring (bicyclic) bond motifs is 5. The lowest BCUT2D eigenvalue weighted by atomic mass is 9.46. The van der Waals surface area contributed by atoms with Gasteiger partial charge in [-0.25, -0.2) is 0 Å². The normalized spacial score (nSPS) is 52.6. The van der Waals surface area contributed by atoms with Crippen molar-refractivity contribution < 1.29 is 0 Å². The van der Waals surface area contributed by atoms with Crippen LogP contribution in [0.25, 0.3) is 0 Å². The molecule has 4 aliphatic rings. The molecule has 4 aliphatic carbocycles. The first kappa shape index (κ1) is 16.2. The van der Waals surface area contributed by atoms with Gasteiger partial charge in [0.2, 0.25) is 0 Å². The molecule has 1 nitrogen and oxygen atoms in total. The van der Waals surface area contributed by atoms with Crippen molar-refractivity contribution in [1.29, 1.82) is 0 Å². The highest BCUT2D eigenvalue weighted by atomic mass is 14.7. The summed E-state index contributed by atoms with van der Waals surface area (Å²) in [5, 5.41) is 0. The lowest BCUT2D eigenvalue weighted by molar-refractivity contribution is -0.0578. The van der Waals surface area contributed by atoms with Crippen molar-refractivity contribution in [2.45, 2.75) is 85.1 Å². The van der Waals surface area contributed by atoms with Gasteiger partial charge in [0.25, 0.3) is 0 Å². The average Bonchev–Trinajstić information content (AvgIpc) is 2.85. The van der Waals surface area contributed by atoms with E-state index >= 15 is 0 Å². The number of rotatable bonds is 1. The van der Waals surface area contributed by atoms with Gasteiger partial charge in [0, 0.05) is 6.04 Å². The summed E-state index contributed by atoms with van der Waals surface area (Å²) in [6.07, 6.45) is 13.8. The minimum atomic E-state index is 0.334. The molecule has 0 aromatic carbocycles. The van der Waals surface area contributed by atoms with Crippen molar-refractivity contribution in [2.24, 2.45) is 46.2 Å². The molecule has 0 heterocycles. The van der Waals surface area contributed by atoms with Crippen LogP contribution in [0, 0.1) is 40.4 Å². The van der Waals surface area contributed by atoms with Gasteiger partial charge < -0.3 is 5.73 Å². The zero-order valence-electron chi connectivity index (χ0n) is 15.8. The average molecular weight is 316 g/mol. The maximum Gasteiger partial charge on any atom is 0.0226 e. The molecule has 3 saturated carbocycles. The zero-order chi connectivity index (χ0) is 16.4. The van der Waals surface area contributed by atoms with Crippen molar-refractivity contribution in [3.05, 3.63) is 11.6 Å². The van der Waals surface area contributed by atoms with Crippen molar-refractivity contribution in [3.8, 4) is 0 Å². The van der Waals surface area contributed by atoms with E-state index in [4.69, 9.17) is 5.73 Å². The number of nitrogens with two attached hydrogens (primary N) is 1. The summed E-state index contributed by atoms with van der Waals surface area (Å²) in [7, 11) is 0. The highest BCUT2D eigenvalue weighted by Crippen LogP contribution is 2.67. The van der Waals surface area contributed by atoms with E-state index in [-0.39, 0.29) is 0 Å². The maximum absolute atomic E-state index is 6.25. The molecule has 130 valence electrons. The molecule has 23 heavy (non-hydrogen) atoms. The monoisotopic (exact) mass is 315 g/mol. The van der Waals surface area contributed by atoms with E-state index in [0.29, 0.717) is 16.9 Å². The van der Waals surface area contributed by atoms with Crippen LogP contribution in [0.15, 0.2) is 11.6 Å². The maximum atomic E-state index is 6.25. The summed E-state index contributed by atoms with van der Waals surface area (Å²) in [6, 6.07) is 0.334.